The van der Waals surface area contributed by atoms with Crippen molar-refractivity contribution in [2.75, 3.05) is 21.3 Å². The number of hydrogen-bond acceptors (Lipinski definition) is 8. The van der Waals surface area contributed by atoms with E-state index in [1.807, 2.05) is 24.3 Å². The van der Waals surface area contributed by atoms with Crippen LogP contribution in [0, 0.1) is 5.82 Å². The number of fused-ring (bicyclic) bond motifs is 1. The monoisotopic (exact) mass is 463 g/mol. The van der Waals surface area contributed by atoms with E-state index < -0.39 is 0 Å². The van der Waals surface area contributed by atoms with Crippen molar-refractivity contribution < 1.29 is 18.6 Å². The third-order valence-electron chi connectivity index (χ3n) is 5.10. The number of thiazole rings is 1. The first-order valence-corrected chi connectivity index (χ1v) is 10.7. The van der Waals surface area contributed by atoms with Crippen LogP contribution in [0.15, 0.2) is 54.6 Å². The molecule has 0 saturated carbocycles. The minimum atomic E-state index is -0.272. The molecule has 3 aromatic carbocycles. The highest BCUT2D eigenvalue weighted by atomic mass is 32.1. The van der Waals surface area contributed by atoms with Gasteiger partial charge in [0, 0.05) is 11.1 Å². The van der Waals surface area contributed by atoms with E-state index in [0.29, 0.717) is 28.6 Å². The topological polar surface area (TPSA) is 84.2 Å². The van der Waals surface area contributed by atoms with Gasteiger partial charge in [-0.1, -0.05) is 0 Å². The van der Waals surface area contributed by atoms with E-state index in [2.05, 4.69) is 20.5 Å². The van der Waals surface area contributed by atoms with Crippen LogP contribution >= 0.6 is 11.3 Å². The van der Waals surface area contributed by atoms with Gasteiger partial charge >= 0.3 is 0 Å². The van der Waals surface area contributed by atoms with Crippen molar-refractivity contribution in [3.63, 3.8) is 0 Å². The maximum Gasteiger partial charge on any atom is 0.203 e. The van der Waals surface area contributed by atoms with Gasteiger partial charge in [-0.3, -0.25) is 0 Å². The zero-order valence-corrected chi connectivity index (χ0v) is 18.8. The Bertz CT molecular complexity index is 1420. The molecule has 0 amide bonds. The molecule has 10 heteroatoms. The number of aromatic nitrogens is 5. The zero-order valence-electron chi connectivity index (χ0n) is 17.9. The second kappa shape index (κ2) is 8.47. The molecule has 33 heavy (non-hydrogen) atoms. The molecular formula is C23H18FN5O3S. The molecule has 5 aromatic rings. The SMILES string of the molecule is COc1cc(-c2nnnn2-c2ccc(-c3nc4ccc(F)cc4s3)cc2)cc(OC)c1OC. The summed E-state index contributed by atoms with van der Waals surface area (Å²) in [5, 5.41) is 13.0. The molecule has 0 N–H and O–H groups in total. The molecule has 0 bridgehead atoms. The molecule has 0 spiro atoms. The van der Waals surface area contributed by atoms with Crippen LogP contribution in [0.1, 0.15) is 0 Å². The number of halogens is 1. The normalized spacial score (nSPS) is 11.0. The molecule has 0 fully saturated rings. The van der Waals surface area contributed by atoms with Crippen molar-refractivity contribution in [3.05, 3.63) is 60.4 Å². The molecule has 2 aromatic heterocycles. The summed E-state index contributed by atoms with van der Waals surface area (Å²) >= 11 is 1.44. The maximum atomic E-state index is 13.5. The van der Waals surface area contributed by atoms with Gasteiger partial charge in [-0.15, -0.1) is 16.4 Å². The highest BCUT2D eigenvalue weighted by Gasteiger charge is 2.18. The lowest BCUT2D eigenvalue weighted by Crippen LogP contribution is -2.01. The summed E-state index contributed by atoms with van der Waals surface area (Å²) in [4.78, 5) is 4.60. The fraction of sp³-hybridized carbons (Fsp3) is 0.130. The Labute approximate surface area is 192 Å². The van der Waals surface area contributed by atoms with Crippen molar-refractivity contribution in [2.45, 2.75) is 0 Å². The molecule has 0 radical (unpaired) electrons. The number of rotatable bonds is 6. The fourth-order valence-electron chi connectivity index (χ4n) is 3.52. The molecule has 0 unspecified atom stereocenters. The predicted octanol–water partition coefficient (Wildman–Crippen LogP) is 4.77. The lowest BCUT2D eigenvalue weighted by Gasteiger charge is -2.14. The Hall–Kier alpha value is -4.05. The maximum absolute atomic E-state index is 13.5. The zero-order chi connectivity index (χ0) is 22.9. The number of nitrogens with zero attached hydrogens (tertiary/aromatic N) is 5. The van der Waals surface area contributed by atoms with Gasteiger partial charge in [0.05, 0.1) is 37.2 Å². The van der Waals surface area contributed by atoms with Crippen molar-refractivity contribution in [3.8, 4) is 44.9 Å². The summed E-state index contributed by atoms with van der Waals surface area (Å²) in [5.41, 5.74) is 3.15. The molecule has 0 aliphatic carbocycles. The third-order valence-corrected chi connectivity index (χ3v) is 6.17. The molecule has 5 rings (SSSR count). The highest BCUT2D eigenvalue weighted by molar-refractivity contribution is 7.21. The fourth-order valence-corrected chi connectivity index (χ4v) is 4.51. The minimum absolute atomic E-state index is 0.272. The highest BCUT2D eigenvalue weighted by Crippen LogP contribution is 2.41. The Morgan fingerprint density at radius 1 is 0.848 bits per heavy atom. The van der Waals surface area contributed by atoms with Crippen LogP contribution in [0.2, 0.25) is 0 Å². The van der Waals surface area contributed by atoms with Gasteiger partial charge in [0.2, 0.25) is 5.75 Å². The van der Waals surface area contributed by atoms with Crippen LogP contribution in [-0.4, -0.2) is 46.5 Å². The van der Waals surface area contributed by atoms with Crippen LogP contribution in [0.4, 0.5) is 4.39 Å². The molecule has 166 valence electrons. The quantitative estimate of drug-likeness (QED) is 0.359. The van der Waals surface area contributed by atoms with Gasteiger partial charge in [-0.2, -0.15) is 4.68 Å². The predicted molar refractivity (Wildman–Crippen MR) is 123 cm³/mol. The number of hydrogen-bond donors (Lipinski definition) is 0. The molecule has 0 aliphatic rings. The van der Waals surface area contributed by atoms with E-state index in [1.54, 1.807) is 44.2 Å². The van der Waals surface area contributed by atoms with Gasteiger partial charge in [-0.05, 0) is 65.0 Å². The number of benzene rings is 3. The molecule has 0 aliphatic heterocycles. The first-order valence-electron chi connectivity index (χ1n) is 9.87. The summed E-state index contributed by atoms with van der Waals surface area (Å²) in [5.74, 6) is 1.74. The molecule has 2 heterocycles. The third kappa shape index (κ3) is 3.74. The second-order valence-electron chi connectivity index (χ2n) is 7.01. The van der Waals surface area contributed by atoms with Crippen molar-refractivity contribution in [1.29, 1.82) is 0 Å². The second-order valence-corrected chi connectivity index (χ2v) is 8.04. The summed E-state index contributed by atoms with van der Waals surface area (Å²) < 4.78 is 32.2. The molecule has 0 atom stereocenters. The van der Waals surface area contributed by atoms with E-state index in [0.717, 1.165) is 26.5 Å². The van der Waals surface area contributed by atoms with Crippen molar-refractivity contribution >= 4 is 21.6 Å². The van der Waals surface area contributed by atoms with Crippen LogP contribution in [0.25, 0.3) is 37.9 Å². The van der Waals surface area contributed by atoms with E-state index >= 15 is 0 Å². The Kier molecular flexibility index (Phi) is 5.35. The molecular weight excluding hydrogens is 445 g/mol. The van der Waals surface area contributed by atoms with E-state index in [-0.39, 0.29) is 5.82 Å². The Morgan fingerprint density at radius 3 is 2.24 bits per heavy atom. The van der Waals surface area contributed by atoms with Crippen molar-refractivity contribution in [1.82, 2.24) is 25.2 Å². The minimum Gasteiger partial charge on any atom is -0.493 e. The standard InChI is InChI=1S/C23H18FN5O3S/c1-30-18-10-14(11-19(31-2)21(18)32-3)22-26-27-28-29(22)16-7-4-13(5-8-16)23-25-17-9-6-15(24)12-20(17)33-23/h4-12H,1-3H3. The summed E-state index contributed by atoms with van der Waals surface area (Å²) in [6, 6.07) is 15.8. The lowest BCUT2D eigenvalue weighted by atomic mass is 10.1. The van der Waals surface area contributed by atoms with Crippen LogP contribution < -0.4 is 14.2 Å². The lowest BCUT2D eigenvalue weighted by molar-refractivity contribution is 0.324. The van der Waals surface area contributed by atoms with Crippen molar-refractivity contribution in [2.24, 2.45) is 0 Å². The molecule has 0 saturated heterocycles. The van der Waals surface area contributed by atoms with E-state index in [4.69, 9.17) is 14.2 Å². The first kappa shape index (κ1) is 20.8. The smallest absolute Gasteiger partial charge is 0.203 e. The van der Waals surface area contributed by atoms with Crippen LogP contribution in [0.3, 0.4) is 0 Å². The summed E-state index contributed by atoms with van der Waals surface area (Å²) in [6.45, 7) is 0. The summed E-state index contributed by atoms with van der Waals surface area (Å²) in [7, 11) is 4.66. The van der Waals surface area contributed by atoms with E-state index in [9.17, 15) is 4.39 Å². The average Bonchev–Trinajstić information content (AvgIpc) is 3.50. The van der Waals surface area contributed by atoms with Gasteiger partial charge in [-0.25, -0.2) is 9.37 Å². The Morgan fingerprint density at radius 2 is 1.58 bits per heavy atom. The summed E-state index contributed by atoms with van der Waals surface area (Å²) in [6.07, 6.45) is 0. The first-order chi connectivity index (χ1) is 16.1. The van der Waals surface area contributed by atoms with Gasteiger partial charge < -0.3 is 14.2 Å². The Balaban J connectivity index is 1.51. The molecule has 8 nitrogen and oxygen atoms in total. The van der Waals surface area contributed by atoms with Crippen LogP contribution in [0.5, 0.6) is 17.2 Å². The van der Waals surface area contributed by atoms with Crippen LogP contribution in [-0.2, 0) is 0 Å². The number of ether oxygens (including phenoxy) is 3. The van der Waals surface area contributed by atoms with Gasteiger partial charge in [0.15, 0.2) is 17.3 Å². The largest absolute Gasteiger partial charge is 0.493 e. The van der Waals surface area contributed by atoms with E-state index in [1.165, 1.54) is 23.5 Å². The average molecular weight is 463 g/mol. The van der Waals surface area contributed by atoms with Gasteiger partial charge in [0.25, 0.3) is 0 Å². The number of tetrazole rings is 1. The number of methoxy groups -OCH3 is 3. The van der Waals surface area contributed by atoms with Gasteiger partial charge in [0.1, 0.15) is 10.8 Å².